The van der Waals surface area contributed by atoms with Crippen LogP contribution < -0.4 is 0 Å². The van der Waals surface area contributed by atoms with Crippen LogP contribution in [0.4, 0.5) is 0 Å². The van der Waals surface area contributed by atoms with Crippen molar-refractivity contribution in [2.24, 2.45) is 0 Å². The van der Waals surface area contributed by atoms with Crippen molar-refractivity contribution in [3.05, 3.63) is 29.8 Å². The Balaban J connectivity index is 1.76. The minimum Gasteiger partial charge on any atom is -0.388 e. The summed E-state index contributed by atoms with van der Waals surface area (Å²) in [6.07, 6.45) is -2.49. The van der Waals surface area contributed by atoms with Crippen molar-refractivity contribution in [3.63, 3.8) is 0 Å². The zero-order chi connectivity index (χ0) is 14.3. The predicted molar refractivity (Wildman–Crippen MR) is 68.7 cm³/mol. The Hall–Kier alpha value is -0.990. The highest BCUT2D eigenvalue weighted by Gasteiger charge is 2.49. The maximum atomic E-state index is 12.2. The molecule has 6 nitrogen and oxygen atoms in total. The van der Waals surface area contributed by atoms with E-state index in [0.717, 1.165) is 5.56 Å². The zero-order valence-electron chi connectivity index (χ0n) is 10.9. The summed E-state index contributed by atoms with van der Waals surface area (Å²) in [5.41, 5.74) is 0.968. The van der Waals surface area contributed by atoms with E-state index in [2.05, 4.69) is 0 Å². The molecule has 1 aromatic rings. The molecule has 0 saturated carbocycles. The van der Waals surface area contributed by atoms with Gasteiger partial charge in [-0.1, -0.05) is 17.7 Å². The van der Waals surface area contributed by atoms with Gasteiger partial charge in [-0.2, -0.15) is 8.42 Å². The Kier molecular flexibility index (Phi) is 3.55. The van der Waals surface area contributed by atoms with Crippen LogP contribution in [0.2, 0.25) is 0 Å². The van der Waals surface area contributed by atoms with Gasteiger partial charge in [-0.05, 0) is 19.1 Å². The molecule has 1 N–H and O–H groups in total. The van der Waals surface area contributed by atoms with Gasteiger partial charge in [0.25, 0.3) is 10.1 Å². The monoisotopic (exact) mass is 300 g/mol. The Bertz CT molecular complexity index is 581. The van der Waals surface area contributed by atoms with Crippen molar-refractivity contribution in [1.82, 2.24) is 0 Å². The molecule has 2 heterocycles. The third-order valence-corrected chi connectivity index (χ3v) is 4.89. The first kappa shape index (κ1) is 14.0. The Morgan fingerprint density at radius 2 is 1.80 bits per heavy atom. The number of aliphatic hydroxyl groups is 1. The van der Waals surface area contributed by atoms with Crippen LogP contribution in [0.3, 0.4) is 0 Å². The van der Waals surface area contributed by atoms with Gasteiger partial charge in [0.1, 0.15) is 24.4 Å². The molecule has 0 aliphatic carbocycles. The normalized spacial score (nSPS) is 33.3. The standard InChI is InChI=1S/C13H16O6S/c1-8-2-4-9(5-3-8)20(15,16)19-11-7-18-12-10(14)6-17-13(11)12/h2-5,10-14H,6-7H2,1H3/t10-,11-,12-,13+/m1/s1. The number of hydrogen-bond acceptors (Lipinski definition) is 6. The fourth-order valence-corrected chi connectivity index (χ4v) is 3.52. The molecule has 0 unspecified atom stereocenters. The minimum atomic E-state index is -3.86. The van der Waals surface area contributed by atoms with E-state index in [1.54, 1.807) is 12.1 Å². The van der Waals surface area contributed by atoms with E-state index in [4.69, 9.17) is 13.7 Å². The van der Waals surface area contributed by atoms with Crippen LogP contribution in [-0.2, 0) is 23.8 Å². The van der Waals surface area contributed by atoms with Crippen LogP contribution in [0.15, 0.2) is 29.2 Å². The van der Waals surface area contributed by atoms with Crippen LogP contribution >= 0.6 is 0 Å². The molecule has 0 radical (unpaired) electrons. The van der Waals surface area contributed by atoms with Crippen molar-refractivity contribution in [2.75, 3.05) is 13.2 Å². The molecular formula is C13H16O6S. The van der Waals surface area contributed by atoms with Crippen LogP contribution in [0.5, 0.6) is 0 Å². The first-order chi connectivity index (χ1) is 9.47. The van der Waals surface area contributed by atoms with Gasteiger partial charge in [-0.3, -0.25) is 4.18 Å². The highest BCUT2D eigenvalue weighted by molar-refractivity contribution is 7.86. The molecule has 2 aliphatic heterocycles. The molecule has 1 aromatic carbocycles. The van der Waals surface area contributed by atoms with Gasteiger partial charge >= 0.3 is 0 Å². The molecule has 0 spiro atoms. The quantitative estimate of drug-likeness (QED) is 0.805. The second-order valence-electron chi connectivity index (χ2n) is 5.07. The Labute approximate surface area is 117 Å². The lowest BCUT2D eigenvalue weighted by atomic mass is 10.1. The second-order valence-corrected chi connectivity index (χ2v) is 6.64. The maximum absolute atomic E-state index is 12.2. The molecule has 0 bridgehead atoms. The summed E-state index contributed by atoms with van der Waals surface area (Å²) >= 11 is 0. The van der Waals surface area contributed by atoms with Gasteiger partial charge in [0.05, 0.1) is 18.1 Å². The SMILES string of the molecule is Cc1ccc(S(=O)(=O)O[C@@H]2CO[C@H]3[C@H]2OC[C@H]3O)cc1. The van der Waals surface area contributed by atoms with Crippen molar-refractivity contribution in [1.29, 1.82) is 0 Å². The molecule has 7 heteroatoms. The van der Waals surface area contributed by atoms with Crippen LogP contribution in [-0.4, -0.2) is 51.2 Å². The highest BCUT2D eigenvalue weighted by Crippen LogP contribution is 2.30. The molecule has 3 rings (SSSR count). The lowest BCUT2D eigenvalue weighted by Gasteiger charge is -2.16. The van der Waals surface area contributed by atoms with E-state index in [9.17, 15) is 13.5 Å². The summed E-state index contributed by atoms with van der Waals surface area (Å²) in [7, 11) is -3.86. The van der Waals surface area contributed by atoms with E-state index in [1.165, 1.54) is 12.1 Å². The molecule has 2 saturated heterocycles. The molecule has 0 aromatic heterocycles. The number of fused-ring (bicyclic) bond motifs is 1. The summed E-state index contributed by atoms with van der Waals surface area (Å²) in [5.74, 6) is 0. The van der Waals surface area contributed by atoms with Crippen LogP contribution in [0.1, 0.15) is 5.56 Å². The van der Waals surface area contributed by atoms with Gasteiger partial charge in [-0.15, -0.1) is 0 Å². The molecule has 20 heavy (non-hydrogen) atoms. The van der Waals surface area contributed by atoms with E-state index in [0.29, 0.717) is 0 Å². The Morgan fingerprint density at radius 1 is 1.15 bits per heavy atom. The second kappa shape index (κ2) is 5.09. The van der Waals surface area contributed by atoms with Crippen molar-refractivity contribution in [3.8, 4) is 0 Å². The average molecular weight is 300 g/mol. The van der Waals surface area contributed by atoms with E-state index in [-0.39, 0.29) is 18.1 Å². The van der Waals surface area contributed by atoms with Gasteiger partial charge in [0.15, 0.2) is 0 Å². The summed E-state index contributed by atoms with van der Waals surface area (Å²) < 4.78 is 40.2. The molecular weight excluding hydrogens is 284 g/mol. The van der Waals surface area contributed by atoms with Gasteiger partial charge in [-0.25, -0.2) is 0 Å². The number of aliphatic hydroxyl groups excluding tert-OH is 1. The van der Waals surface area contributed by atoms with Crippen molar-refractivity contribution >= 4 is 10.1 Å². The van der Waals surface area contributed by atoms with E-state index < -0.39 is 34.5 Å². The zero-order valence-corrected chi connectivity index (χ0v) is 11.7. The van der Waals surface area contributed by atoms with E-state index in [1.807, 2.05) is 6.92 Å². The lowest BCUT2D eigenvalue weighted by molar-refractivity contribution is 0.00979. The summed E-state index contributed by atoms with van der Waals surface area (Å²) in [6.45, 7) is 2.11. The lowest BCUT2D eigenvalue weighted by Crippen LogP contribution is -2.34. The van der Waals surface area contributed by atoms with Gasteiger partial charge in [0.2, 0.25) is 0 Å². The van der Waals surface area contributed by atoms with Gasteiger partial charge in [0, 0.05) is 0 Å². The number of rotatable bonds is 3. The van der Waals surface area contributed by atoms with Crippen LogP contribution in [0, 0.1) is 6.92 Å². The van der Waals surface area contributed by atoms with Crippen LogP contribution in [0.25, 0.3) is 0 Å². The molecule has 2 fully saturated rings. The fourth-order valence-electron chi connectivity index (χ4n) is 2.45. The maximum Gasteiger partial charge on any atom is 0.297 e. The summed E-state index contributed by atoms with van der Waals surface area (Å²) in [4.78, 5) is 0.102. The highest BCUT2D eigenvalue weighted by atomic mass is 32.2. The molecule has 0 amide bonds. The summed E-state index contributed by atoms with van der Waals surface area (Å²) in [6, 6.07) is 6.42. The topological polar surface area (TPSA) is 82.1 Å². The molecule has 110 valence electrons. The predicted octanol–water partition coefficient (Wildman–Crippen LogP) is 0.227. The third-order valence-electron chi connectivity index (χ3n) is 3.54. The minimum absolute atomic E-state index is 0.0947. The number of aryl methyl sites for hydroxylation is 1. The third kappa shape index (κ3) is 2.47. The smallest absolute Gasteiger partial charge is 0.297 e. The summed E-state index contributed by atoms with van der Waals surface area (Å²) in [5, 5.41) is 9.61. The molecule has 2 aliphatic rings. The number of ether oxygens (including phenoxy) is 2. The fraction of sp³-hybridized carbons (Fsp3) is 0.538. The van der Waals surface area contributed by atoms with E-state index >= 15 is 0 Å². The first-order valence-corrected chi connectivity index (χ1v) is 7.79. The number of hydrogen-bond donors (Lipinski definition) is 1. The first-order valence-electron chi connectivity index (χ1n) is 6.38. The number of benzene rings is 1. The largest absolute Gasteiger partial charge is 0.388 e. The Morgan fingerprint density at radius 3 is 2.50 bits per heavy atom. The molecule has 4 atom stereocenters. The average Bonchev–Trinajstić information content (AvgIpc) is 2.95. The van der Waals surface area contributed by atoms with Gasteiger partial charge < -0.3 is 14.6 Å². The van der Waals surface area contributed by atoms with Crippen molar-refractivity contribution in [2.45, 2.75) is 36.2 Å². The van der Waals surface area contributed by atoms with Crippen molar-refractivity contribution < 1.29 is 27.2 Å².